The standard InChI is InChI=1S/C24H24ClN3O3S2/c25-21-14-27-23(32-21)28-22(29)24(12-20(24)17-5-1-2-6-17)18-7-9-19(10-8-18)33(30,31)15-16-4-3-11-26-13-16/h3-4,7-11,13-14,17,20H,1-2,5-6,12,15H2,(H,27,28,29). The quantitative estimate of drug-likeness (QED) is 0.477. The molecule has 0 radical (unpaired) electrons. The van der Waals surface area contributed by atoms with E-state index < -0.39 is 15.3 Å². The van der Waals surface area contributed by atoms with Crippen molar-refractivity contribution < 1.29 is 13.2 Å². The molecule has 2 heterocycles. The third-order valence-corrected chi connectivity index (χ3v) is 9.63. The summed E-state index contributed by atoms with van der Waals surface area (Å²) in [4.78, 5) is 21.9. The minimum absolute atomic E-state index is 0.0867. The van der Waals surface area contributed by atoms with Crippen LogP contribution in [0.2, 0.25) is 4.34 Å². The van der Waals surface area contributed by atoms with Crippen molar-refractivity contribution in [3.05, 3.63) is 70.5 Å². The Kier molecular flexibility index (Phi) is 6.01. The van der Waals surface area contributed by atoms with Gasteiger partial charge in [0.05, 0.1) is 22.3 Å². The summed E-state index contributed by atoms with van der Waals surface area (Å²) in [7, 11) is -3.51. The number of hydrogen-bond donors (Lipinski definition) is 1. The highest BCUT2D eigenvalue weighted by molar-refractivity contribution is 7.90. The van der Waals surface area contributed by atoms with E-state index in [0.717, 1.165) is 24.8 Å². The van der Waals surface area contributed by atoms with Crippen molar-refractivity contribution in [2.45, 2.75) is 48.2 Å². The van der Waals surface area contributed by atoms with Crippen molar-refractivity contribution in [2.24, 2.45) is 11.8 Å². The number of pyridine rings is 1. The summed E-state index contributed by atoms with van der Waals surface area (Å²) in [6, 6.07) is 10.3. The Hall–Kier alpha value is -2.29. The predicted molar refractivity (Wildman–Crippen MR) is 129 cm³/mol. The number of aromatic nitrogens is 2. The lowest BCUT2D eigenvalue weighted by atomic mass is 9.87. The van der Waals surface area contributed by atoms with E-state index in [0.29, 0.717) is 20.9 Å². The van der Waals surface area contributed by atoms with Crippen LogP contribution in [0.5, 0.6) is 0 Å². The van der Waals surface area contributed by atoms with Crippen LogP contribution in [0.15, 0.2) is 59.9 Å². The van der Waals surface area contributed by atoms with Crippen LogP contribution in [-0.2, 0) is 25.8 Å². The van der Waals surface area contributed by atoms with E-state index >= 15 is 0 Å². The van der Waals surface area contributed by atoms with Crippen LogP contribution >= 0.6 is 22.9 Å². The molecule has 3 aromatic rings. The molecule has 2 saturated carbocycles. The molecule has 0 spiro atoms. The Morgan fingerprint density at radius 1 is 1.15 bits per heavy atom. The number of nitrogens with zero attached hydrogens (tertiary/aromatic N) is 2. The number of carbonyl (C=O) groups is 1. The van der Waals surface area contributed by atoms with Gasteiger partial charge in [-0.15, -0.1) is 0 Å². The molecule has 9 heteroatoms. The Morgan fingerprint density at radius 2 is 1.91 bits per heavy atom. The maximum absolute atomic E-state index is 13.5. The Morgan fingerprint density at radius 3 is 2.55 bits per heavy atom. The second-order valence-electron chi connectivity index (χ2n) is 8.89. The summed E-state index contributed by atoms with van der Waals surface area (Å²) < 4.78 is 26.3. The van der Waals surface area contributed by atoms with Gasteiger partial charge in [0.1, 0.15) is 4.34 Å². The minimum Gasteiger partial charge on any atom is -0.301 e. The summed E-state index contributed by atoms with van der Waals surface area (Å²) in [5.74, 6) is 0.579. The highest BCUT2D eigenvalue weighted by Gasteiger charge is 2.63. The topological polar surface area (TPSA) is 89.0 Å². The fraction of sp³-hybridized carbons (Fsp3) is 0.375. The molecule has 1 N–H and O–H groups in total. The van der Waals surface area contributed by atoms with Crippen molar-refractivity contribution in [2.75, 3.05) is 5.32 Å². The van der Waals surface area contributed by atoms with Crippen LogP contribution in [0.1, 0.15) is 43.2 Å². The summed E-state index contributed by atoms with van der Waals surface area (Å²) in [5.41, 5.74) is 0.849. The van der Waals surface area contributed by atoms with Gasteiger partial charge >= 0.3 is 0 Å². The second kappa shape index (κ2) is 8.81. The molecule has 0 aliphatic heterocycles. The average molecular weight is 502 g/mol. The summed E-state index contributed by atoms with van der Waals surface area (Å²) in [5, 5.41) is 3.44. The molecular formula is C24H24ClN3O3S2. The van der Waals surface area contributed by atoms with Crippen molar-refractivity contribution in [3.63, 3.8) is 0 Å². The Balaban J connectivity index is 1.42. The molecule has 2 unspecified atom stereocenters. The third-order valence-electron chi connectivity index (χ3n) is 6.89. The summed E-state index contributed by atoms with van der Waals surface area (Å²) in [6.07, 6.45) is 10.2. The molecule has 2 aliphatic carbocycles. The fourth-order valence-corrected chi connectivity index (χ4v) is 7.34. The maximum atomic E-state index is 13.5. The number of benzene rings is 1. The highest BCUT2D eigenvalue weighted by atomic mass is 35.5. The molecule has 172 valence electrons. The number of amides is 1. The molecule has 1 aromatic carbocycles. The number of sulfone groups is 1. The van der Waals surface area contributed by atoms with Crippen LogP contribution in [0, 0.1) is 11.8 Å². The Bertz CT molecular complexity index is 1260. The predicted octanol–water partition coefficient (Wildman–Crippen LogP) is 5.25. The number of thiazole rings is 1. The number of halogens is 1. The molecule has 0 bridgehead atoms. The molecule has 2 atom stereocenters. The van der Waals surface area contributed by atoms with Crippen LogP contribution in [0.25, 0.3) is 0 Å². The van der Waals surface area contributed by atoms with E-state index in [1.54, 1.807) is 48.8 Å². The van der Waals surface area contributed by atoms with Gasteiger partial charge in [0.2, 0.25) is 5.91 Å². The number of anilines is 1. The van der Waals surface area contributed by atoms with E-state index in [1.807, 2.05) is 0 Å². The van der Waals surface area contributed by atoms with Crippen molar-refractivity contribution in [1.82, 2.24) is 9.97 Å². The van der Waals surface area contributed by atoms with Gasteiger partial charge in [-0.25, -0.2) is 13.4 Å². The van der Waals surface area contributed by atoms with Gasteiger partial charge < -0.3 is 5.32 Å². The van der Waals surface area contributed by atoms with Crippen LogP contribution in [0.4, 0.5) is 5.13 Å². The minimum atomic E-state index is -3.51. The van der Waals surface area contributed by atoms with E-state index in [2.05, 4.69) is 15.3 Å². The van der Waals surface area contributed by atoms with Crippen LogP contribution < -0.4 is 5.32 Å². The zero-order chi connectivity index (χ0) is 23.1. The molecule has 2 aromatic heterocycles. The smallest absolute Gasteiger partial charge is 0.237 e. The first-order chi connectivity index (χ1) is 15.9. The molecule has 2 aliphatic rings. The van der Waals surface area contributed by atoms with Gasteiger partial charge in [0, 0.05) is 12.4 Å². The van der Waals surface area contributed by atoms with Crippen LogP contribution in [-0.4, -0.2) is 24.3 Å². The summed E-state index contributed by atoms with van der Waals surface area (Å²) in [6.45, 7) is 0. The Labute approximate surface area is 202 Å². The fourth-order valence-electron chi connectivity index (χ4n) is 5.21. The molecule has 0 saturated heterocycles. The number of rotatable bonds is 7. The zero-order valence-electron chi connectivity index (χ0n) is 17.9. The lowest BCUT2D eigenvalue weighted by Crippen LogP contribution is -2.31. The van der Waals surface area contributed by atoms with Crippen molar-refractivity contribution >= 4 is 43.8 Å². The normalized spacial score (nSPS) is 22.9. The zero-order valence-corrected chi connectivity index (χ0v) is 20.3. The van der Waals surface area contributed by atoms with Gasteiger partial charge in [-0.05, 0) is 47.6 Å². The maximum Gasteiger partial charge on any atom is 0.237 e. The average Bonchev–Trinajstić information content (AvgIpc) is 3.10. The number of nitrogens with one attached hydrogen (secondary N) is 1. The van der Waals surface area contributed by atoms with Crippen molar-refractivity contribution in [1.29, 1.82) is 0 Å². The largest absolute Gasteiger partial charge is 0.301 e. The SMILES string of the molecule is O=C(Nc1ncc(Cl)s1)C1(c2ccc(S(=O)(=O)Cc3cccnc3)cc2)CC1C1CCCC1. The molecular weight excluding hydrogens is 478 g/mol. The molecule has 33 heavy (non-hydrogen) atoms. The van der Waals surface area contributed by atoms with Gasteiger partial charge in [0.25, 0.3) is 0 Å². The highest BCUT2D eigenvalue weighted by Crippen LogP contribution is 2.61. The van der Waals surface area contributed by atoms with E-state index in [1.165, 1.54) is 30.4 Å². The van der Waals surface area contributed by atoms with Gasteiger partial charge in [-0.1, -0.05) is 66.8 Å². The number of hydrogen-bond acceptors (Lipinski definition) is 6. The lowest BCUT2D eigenvalue weighted by molar-refractivity contribution is -0.119. The van der Waals surface area contributed by atoms with Crippen LogP contribution in [0.3, 0.4) is 0 Å². The number of carbonyl (C=O) groups excluding carboxylic acids is 1. The van der Waals surface area contributed by atoms with Gasteiger partial charge in [-0.3, -0.25) is 9.78 Å². The summed E-state index contributed by atoms with van der Waals surface area (Å²) >= 11 is 7.22. The molecule has 5 rings (SSSR count). The van der Waals surface area contributed by atoms with E-state index in [-0.39, 0.29) is 22.5 Å². The molecule has 1 amide bonds. The first kappa shape index (κ1) is 22.5. The third kappa shape index (κ3) is 4.44. The monoisotopic (exact) mass is 501 g/mol. The van der Waals surface area contributed by atoms with Crippen molar-refractivity contribution in [3.8, 4) is 0 Å². The van der Waals surface area contributed by atoms with Gasteiger partial charge in [0.15, 0.2) is 15.0 Å². The first-order valence-electron chi connectivity index (χ1n) is 11.0. The van der Waals surface area contributed by atoms with E-state index in [4.69, 9.17) is 11.6 Å². The van der Waals surface area contributed by atoms with Gasteiger partial charge in [-0.2, -0.15) is 0 Å². The lowest BCUT2D eigenvalue weighted by Gasteiger charge is -2.20. The van der Waals surface area contributed by atoms with E-state index in [9.17, 15) is 13.2 Å². The first-order valence-corrected chi connectivity index (χ1v) is 13.9. The second-order valence-corrected chi connectivity index (χ2v) is 12.5. The molecule has 6 nitrogen and oxygen atoms in total. The molecule has 2 fully saturated rings.